The monoisotopic (exact) mass is 449 g/mol. The van der Waals surface area contributed by atoms with Gasteiger partial charge in [-0.3, -0.25) is 4.79 Å². The van der Waals surface area contributed by atoms with E-state index in [-0.39, 0.29) is 17.1 Å². The Labute approximate surface area is 189 Å². The first-order valence-corrected chi connectivity index (χ1v) is 9.99. The molecule has 0 fully saturated rings. The average molecular weight is 449 g/mol. The van der Waals surface area contributed by atoms with Crippen LogP contribution in [0.15, 0.2) is 54.6 Å². The van der Waals surface area contributed by atoms with Crippen molar-refractivity contribution in [3.05, 3.63) is 71.3 Å². The fourth-order valence-electron chi connectivity index (χ4n) is 3.26. The van der Waals surface area contributed by atoms with Crippen molar-refractivity contribution >= 4 is 40.5 Å². The molecule has 0 spiro atoms. The normalized spacial score (nSPS) is 11.6. The van der Waals surface area contributed by atoms with Gasteiger partial charge >= 0.3 is 11.9 Å². The quantitative estimate of drug-likeness (QED) is 0.304. The van der Waals surface area contributed by atoms with E-state index in [9.17, 15) is 19.5 Å². The number of hydrogen-bond acceptors (Lipinski definition) is 7. The number of nitrogens with zero attached hydrogens (tertiary/aromatic N) is 2. The Kier molecular flexibility index (Phi) is 6.87. The molecular formula is C23H23N5O5. The van der Waals surface area contributed by atoms with E-state index in [4.69, 9.17) is 16.6 Å². The lowest BCUT2D eigenvalue weighted by Crippen LogP contribution is -2.41. The molecule has 1 amide bonds. The van der Waals surface area contributed by atoms with Gasteiger partial charge in [-0.15, -0.1) is 0 Å². The first kappa shape index (κ1) is 23.2. The zero-order valence-corrected chi connectivity index (χ0v) is 17.6. The summed E-state index contributed by atoms with van der Waals surface area (Å²) in [5, 5.41) is 21.2. The molecule has 2 aromatic carbocycles. The van der Waals surface area contributed by atoms with Gasteiger partial charge < -0.3 is 27.0 Å². The van der Waals surface area contributed by atoms with Crippen molar-refractivity contribution in [2.45, 2.75) is 25.3 Å². The largest absolute Gasteiger partial charge is 0.480 e. The third-order valence-corrected chi connectivity index (χ3v) is 5.08. The molecule has 1 heterocycles. The Balaban J connectivity index is 1.63. The number of carbonyl (C=O) groups is 3. The molecule has 0 aliphatic heterocycles. The number of carboxylic acids is 2. The van der Waals surface area contributed by atoms with Crippen LogP contribution in [0.2, 0.25) is 0 Å². The van der Waals surface area contributed by atoms with Crippen molar-refractivity contribution in [3.63, 3.8) is 0 Å². The van der Waals surface area contributed by atoms with Gasteiger partial charge in [0.25, 0.3) is 5.91 Å². The minimum Gasteiger partial charge on any atom is -0.480 e. The lowest BCUT2D eigenvalue weighted by atomic mass is 10.0. The van der Waals surface area contributed by atoms with E-state index >= 15 is 0 Å². The summed E-state index contributed by atoms with van der Waals surface area (Å²) in [6.45, 7) is 3.31. The van der Waals surface area contributed by atoms with E-state index in [1.54, 1.807) is 24.3 Å². The van der Waals surface area contributed by atoms with Gasteiger partial charge in [0, 0.05) is 22.9 Å². The van der Waals surface area contributed by atoms with Gasteiger partial charge in [-0.2, -0.15) is 4.98 Å². The minimum absolute atomic E-state index is 0.123. The number of nitrogen functional groups attached to an aromatic ring is 2. The molecule has 1 unspecified atom stereocenters. The lowest BCUT2D eigenvalue weighted by molar-refractivity contribution is -0.139. The molecule has 0 aliphatic carbocycles. The summed E-state index contributed by atoms with van der Waals surface area (Å²) in [6.07, 6.45) is 1.01. The number of nitrogens with two attached hydrogens (primary N) is 2. The van der Waals surface area contributed by atoms with E-state index in [1.165, 1.54) is 0 Å². The van der Waals surface area contributed by atoms with E-state index < -0.39 is 30.3 Å². The maximum atomic E-state index is 12.4. The van der Waals surface area contributed by atoms with Crippen LogP contribution < -0.4 is 16.8 Å². The van der Waals surface area contributed by atoms with Gasteiger partial charge in [-0.05, 0) is 48.2 Å². The van der Waals surface area contributed by atoms with Crippen LogP contribution in [0.4, 0.5) is 11.8 Å². The molecule has 3 rings (SSSR count). The number of benzene rings is 2. The number of rotatable bonds is 9. The zero-order valence-electron chi connectivity index (χ0n) is 17.6. The Morgan fingerprint density at radius 2 is 1.61 bits per heavy atom. The minimum atomic E-state index is -1.39. The second-order valence-corrected chi connectivity index (χ2v) is 7.49. The number of hydrogen-bond donors (Lipinski definition) is 5. The summed E-state index contributed by atoms with van der Waals surface area (Å²) in [7, 11) is 0. The van der Waals surface area contributed by atoms with Gasteiger partial charge in [-0.1, -0.05) is 24.8 Å². The lowest BCUT2D eigenvalue weighted by Gasteiger charge is -2.14. The van der Waals surface area contributed by atoms with Crippen LogP contribution in [-0.4, -0.2) is 44.1 Å². The standard InChI is InChI=1S/C23H23N5O5/c1-12(21(30)31)10-18(22(32)33)26-20(29)15-7-4-13(5-8-15)2-3-14-6-9-17-16(11-14)19(24)28-23(25)27-17/h4-9,11,18H,1-3,10H2,(H,26,29)(H,30,31)(H,32,33)(H4,24,25,27,28). The van der Waals surface area contributed by atoms with Gasteiger partial charge in [0.2, 0.25) is 5.95 Å². The van der Waals surface area contributed by atoms with Crippen LogP contribution in [0.3, 0.4) is 0 Å². The van der Waals surface area contributed by atoms with Crippen LogP contribution in [-0.2, 0) is 22.4 Å². The van der Waals surface area contributed by atoms with Crippen LogP contribution in [0.5, 0.6) is 0 Å². The number of aliphatic carboxylic acids is 2. The average Bonchev–Trinajstić information content (AvgIpc) is 2.77. The van der Waals surface area contributed by atoms with E-state index in [0.29, 0.717) is 24.2 Å². The molecular weight excluding hydrogens is 426 g/mol. The highest BCUT2D eigenvalue weighted by Crippen LogP contribution is 2.21. The van der Waals surface area contributed by atoms with Gasteiger partial charge in [0.1, 0.15) is 11.9 Å². The van der Waals surface area contributed by atoms with Crippen molar-refractivity contribution in [2.75, 3.05) is 11.5 Å². The third-order valence-electron chi connectivity index (χ3n) is 5.08. The molecule has 33 heavy (non-hydrogen) atoms. The highest BCUT2D eigenvalue weighted by Gasteiger charge is 2.23. The topological polar surface area (TPSA) is 182 Å². The van der Waals surface area contributed by atoms with Crippen molar-refractivity contribution in [3.8, 4) is 0 Å². The van der Waals surface area contributed by atoms with Crippen molar-refractivity contribution in [2.24, 2.45) is 0 Å². The van der Waals surface area contributed by atoms with Crippen LogP contribution in [0.1, 0.15) is 27.9 Å². The molecule has 170 valence electrons. The maximum Gasteiger partial charge on any atom is 0.331 e. The van der Waals surface area contributed by atoms with E-state index in [1.807, 2.05) is 18.2 Å². The highest BCUT2D eigenvalue weighted by molar-refractivity contribution is 5.97. The second-order valence-electron chi connectivity index (χ2n) is 7.49. The molecule has 0 aliphatic rings. The van der Waals surface area contributed by atoms with Crippen LogP contribution >= 0.6 is 0 Å². The fraction of sp³-hybridized carbons (Fsp3) is 0.174. The maximum absolute atomic E-state index is 12.4. The Hall–Kier alpha value is -4.47. The number of aromatic nitrogens is 2. The van der Waals surface area contributed by atoms with Crippen molar-refractivity contribution in [1.29, 1.82) is 0 Å². The summed E-state index contributed by atoms with van der Waals surface area (Å²) < 4.78 is 0. The number of carboxylic acid groups (broad SMARTS) is 2. The number of aryl methyl sites for hydroxylation is 2. The predicted octanol–water partition coefficient (Wildman–Crippen LogP) is 1.79. The Morgan fingerprint density at radius 1 is 0.970 bits per heavy atom. The van der Waals surface area contributed by atoms with E-state index in [2.05, 4.69) is 21.9 Å². The molecule has 1 aromatic heterocycles. The summed E-state index contributed by atoms with van der Waals surface area (Å²) in [5.74, 6) is -2.83. The van der Waals surface area contributed by atoms with Crippen molar-refractivity contribution in [1.82, 2.24) is 15.3 Å². The predicted molar refractivity (Wildman–Crippen MR) is 122 cm³/mol. The first-order valence-electron chi connectivity index (χ1n) is 9.99. The third kappa shape index (κ3) is 5.82. The fourth-order valence-corrected chi connectivity index (χ4v) is 3.26. The van der Waals surface area contributed by atoms with Crippen LogP contribution in [0, 0.1) is 0 Å². The molecule has 1 atom stereocenters. The summed E-state index contributed by atoms with van der Waals surface area (Å²) >= 11 is 0. The molecule has 10 heteroatoms. The number of amides is 1. The first-order chi connectivity index (χ1) is 15.6. The molecule has 0 radical (unpaired) electrons. The number of fused-ring (bicyclic) bond motifs is 1. The van der Waals surface area contributed by atoms with Crippen molar-refractivity contribution < 1.29 is 24.6 Å². The zero-order chi connectivity index (χ0) is 24.1. The number of nitrogens with one attached hydrogen (secondary N) is 1. The Morgan fingerprint density at radius 3 is 2.24 bits per heavy atom. The Bertz CT molecular complexity index is 1240. The smallest absolute Gasteiger partial charge is 0.331 e. The SMILES string of the molecule is C=C(CC(NC(=O)c1ccc(CCc2ccc3nc(N)nc(N)c3c2)cc1)C(=O)O)C(=O)O. The summed E-state index contributed by atoms with van der Waals surface area (Å²) in [4.78, 5) is 42.8. The second kappa shape index (κ2) is 9.77. The molecule has 0 saturated heterocycles. The van der Waals surface area contributed by atoms with Gasteiger partial charge in [-0.25, -0.2) is 14.6 Å². The molecule has 0 bridgehead atoms. The highest BCUT2D eigenvalue weighted by atomic mass is 16.4. The molecule has 7 N–H and O–H groups in total. The molecule has 0 saturated carbocycles. The number of carbonyl (C=O) groups excluding carboxylic acids is 1. The summed E-state index contributed by atoms with van der Waals surface area (Å²) in [6, 6.07) is 11.0. The van der Waals surface area contributed by atoms with Crippen LogP contribution in [0.25, 0.3) is 10.9 Å². The summed E-state index contributed by atoms with van der Waals surface area (Å²) in [5.41, 5.74) is 14.2. The number of anilines is 2. The van der Waals surface area contributed by atoms with E-state index in [0.717, 1.165) is 16.5 Å². The molecule has 10 nitrogen and oxygen atoms in total. The molecule has 3 aromatic rings. The van der Waals surface area contributed by atoms with Gasteiger partial charge in [0.15, 0.2) is 0 Å². The van der Waals surface area contributed by atoms with Gasteiger partial charge in [0.05, 0.1) is 5.52 Å².